The Kier molecular flexibility index (Phi) is 9.51. The SMILES string of the molecule is CCSCCOC(=O)C1=C(C)NC2=C(C(=O)C[C@@H](c3ccc(Cl)cc3)C2)[C@H]1c1cc(OC)c(OC)c(OC)c1. The summed E-state index contributed by atoms with van der Waals surface area (Å²) in [4.78, 5) is 27.4. The van der Waals surface area contributed by atoms with Crippen LogP contribution in [0.1, 0.15) is 49.7 Å². The predicted molar refractivity (Wildman–Crippen MR) is 154 cm³/mol. The minimum atomic E-state index is -0.653. The fraction of sp³-hybridized carbons (Fsp3) is 0.400. The molecule has 1 aliphatic carbocycles. The van der Waals surface area contributed by atoms with Crippen molar-refractivity contribution >= 4 is 35.1 Å². The second-order valence-corrected chi connectivity index (χ2v) is 11.2. The minimum absolute atomic E-state index is 0.00558. The fourth-order valence-electron chi connectivity index (χ4n) is 5.30. The molecule has 0 bridgehead atoms. The normalized spacial score (nSPS) is 18.9. The van der Waals surface area contributed by atoms with Crippen molar-refractivity contribution in [3.05, 3.63) is 75.1 Å². The van der Waals surface area contributed by atoms with Gasteiger partial charge in [0.1, 0.15) is 6.61 Å². The zero-order valence-corrected chi connectivity index (χ0v) is 24.5. The van der Waals surface area contributed by atoms with Gasteiger partial charge in [0.25, 0.3) is 0 Å². The van der Waals surface area contributed by atoms with Crippen molar-refractivity contribution in [3.8, 4) is 17.2 Å². The number of benzene rings is 2. The molecule has 0 amide bonds. The quantitative estimate of drug-likeness (QED) is 0.274. The lowest BCUT2D eigenvalue weighted by Gasteiger charge is -2.37. The first-order chi connectivity index (χ1) is 18.8. The first-order valence-corrected chi connectivity index (χ1v) is 14.4. The molecule has 1 aliphatic heterocycles. The van der Waals surface area contributed by atoms with E-state index >= 15 is 0 Å². The molecule has 2 atom stereocenters. The van der Waals surface area contributed by atoms with Crippen LogP contribution in [0.15, 0.2) is 58.9 Å². The second kappa shape index (κ2) is 12.8. The molecule has 0 aromatic heterocycles. The molecular weight excluding hydrogens is 538 g/mol. The molecule has 0 unspecified atom stereocenters. The number of rotatable bonds is 10. The number of dihydropyridines is 1. The van der Waals surface area contributed by atoms with Crippen molar-refractivity contribution in [2.45, 2.75) is 38.5 Å². The van der Waals surface area contributed by atoms with Crippen LogP contribution >= 0.6 is 23.4 Å². The molecule has 9 heteroatoms. The third-order valence-corrected chi connectivity index (χ3v) is 8.19. The Balaban J connectivity index is 1.81. The predicted octanol–water partition coefficient (Wildman–Crippen LogP) is 6.02. The van der Waals surface area contributed by atoms with Crippen LogP contribution in [0.3, 0.4) is 0 Å². The minimum Gasteiger partial charge on any atom is -0.493 e. The van der Waals surface area contributed by atoms with Gasteiger partial charge in [-0.15, -0.1) is 0 Å². The third kappa shape index (κ3) is 6.07. The van der Waals surface area contributed by atoms with Gasteiger partial charge in [0.2, 0.25) is 5.75 Å². The molecule has 1 N–H and O–H groups in total. The van der Waals surface area contributed by atoms with E-state index in [0.29, 0.717) is 63.3 Å². The summed E-state index contributed by atoms with van der Waals surface area (Å²) in [6.45, 7) is 4.20. The average molecular weight is 572 g/mol. The largest absolute Gasteiger partial charge is 0.493 e. The van der Waals surface area contributed by atoms with E-state index in [1.807, 2.05) is 31.2 Å². The Hall–Kier alpha value is -3.10. The highest BCUT2D eigenvalue weighted by Crippen LogP contribution is 2.49. The summed E-state index contributed by atoms with van der Waals surface area (Å²) >= 11 is 7.80. The Bertz CT molecular complexity index is 1280. The van der Waals surface area contributed by atoms with Gasteiger partial charge in [-0.05, 0) is 60.4 Å². The molecule has 0 saturated carbocycles. The summed E-state index contributed by atoms with van der Waals surface area (Å²) in [5.41, 5.74) is 4.17. The van der Waals surface area contributed by atoms with E-state index in [9.17, 15) is 9.59 Å². The number of nitrogens with one attached hydrogen (secondary N) is 1. The Morgan fingerprint density at radius 2 is 1.69 bits per heavy atom. The maximum Gasteiger partial charge on any atom is 0.336 e. The summed E-state index contributed by atoms with van der Waals surface area (Å²) in [6, 6.07) is 11.2. The van der Waals surface area contributed by atoms with Crippen LogP contribution in [-0.4, -0.2) is 51.2 Å². The Morgan fingerprint density at radius 3 is 2.28 bits per heavy atom. The van der Waals surface area contributed by atoms with E-state index in [2.05, 4.69) is 12.2 Å². The molecule has 2 aromatic carbocycles. The maximum atomic E-state index is 13.9. The number of ketones is 1. The van der Waals surface area contributed by atoms with Crippen molar-refractivity contribution in [1.29, 1.82) is 0 Å². The maximum absolute atomic E-state index is 13.9. The van der Waals surface area contributed by atoms with Crippen molar-refractivity contribution in [2.24, 2.45) is 0 Å². The number of halogens is 1. The molecule has 39 heavy (non-hydrogen) atoms. The molecule has 2 aliphatic rings. The van der Waals surface area contributed by atoms with Crippen LogP contribution < -0.4 is 19.5 Å². The van der Waals surface area contributed by atoms with Gasteiger partial charge in [-0.3, -0.25) is 4.79 Å². The van der Waals surface area contributed by atoms with Gasteiger partial charge in [-0.1, -0.05) is 30.7 Å². The molecule has 208 valence electrons. The highest BCUT2D eigenvalue weighted by molar-refractivity contribution is 7.99. The van der Waals surface area contributed by atoms with Crippen molar-refractivity contribution in [1.82, 2.24) is 5.32 Å². The van der Waals surface area contributed by atoms with E-state index in [1.165, 1.54) is 7.11 Å². The highest BCUT2D eigenvalue weighted by Gasteiger charge is 2.42. The van der Waals surface area contributed by atoms with E-state index in [1.54, 1.807) is 38.1 Å². The topological polar surface area (TPSA) is 83.1 Å². The van der Waals surface area contributed by atoms with Gasteiger partial charge in [0.05, 0.1) is 26.9 Å². The standard InChI is InChI=1S/C30H34ClNO6S/c1-6-39-12-11-38-30(34)26-17(2)32-22-13-19(18-7-9-21(31)10-8-18)14-23(33)28(22)27(26)20-15-24(35-3)29(37-5)25(16-20)36-4/h7-10,15-16,19,27,32H,6,11-14H2,1-5H3/t19-,27-/m0/s1. The van der Waals surface area contributed by atoms with E-state index in [4.69, 9.17) is 30.5 Å². The number of hydrogen-bond acceptors (Lipinski definition) is 8. The number of esters is 1. The number of methoxy groups -OCH3 is 3. The van der Waals surface area contributed by atoms with Crippen LogP contribution in [0.5, 0.6) is 17.2 Å². The zero-order chi connectivity index (χ0) is 28.1. The number of Topliss-reactive ketones (excluding diaryl/α,β-unsaturated/α-hetero) is 1. The molecule has 2 aromatic rings. The van der Waals surface area contributed by atoms with Crippen molar-refractivity contribution < 1.29 is 28.5 Å². The van der Waals surface area contributed by atoms with E-state index < -0.39 is 11.9 Å². The van der Waals surface area contributed by atoms with E-state index in [0.717, 1.165) is 17.0 Å². The summed E-state index contributed by atoms with van der Waals surface area (Å²) in [7, 11) is 4.62. The van der Waals surface area contributed by atoms with Crippen LogP contribution in [0.2, 0.25) is 5.02 Å². The zero-order valence-electron chi connectivity index (χ0n) is 22.9. The lowest BCUT2D eigenvalue weighted by molar-refractivity contribution is -0.138. The molecule has 0 radical (unpaired) electrons. The van der Waals surface area contributed by atoms with Gasteiger partial charge in [0.15, 0.2) is 17.3 Å². The first kappa shape index (κ1) is 28.9. The van der Waals surface area contributed by atoms with Gasteiger partial charge >= 0.3 is 5.97 Å². The third-order valence-electron chi connectivity index (χ3n) is 7.07. The number of hydrogen-bond donors (Lipinski definition) is 1. The highest BCUT2D eigenvalue weighted by atomic mass is 35.5. The number of carbonyl (C=O) groups excluding carboxylic acids is 2. The number of ether oxygens (including phenoxy) is 4. The summed E-state index contributed by atoms with van der Waals surface area (Å²) < 4.78 is 22.4. The lowest BCUT2D eigenvalue weighted by atomic mass is 9.71. The van der Waals surface area contributed by atoms with Crippen LogP contribution in [0.4, 0.5) is 0 Å². The Morgan fingerprint density at radius 1 is 1.03 bits per heavy atom. The van der Waals surface area contributed by atoms with Gasteiger partial charge in [0, 0.05) is 40.1 Å². The molecule has 0 fully saturated rings. The van der Waals surface area contributed by atoms with Crippen LogP contribution in [0, 0.1) is 0 Å². The molecular formula is C30H34ClNO6S. The van der Waals surface area contributed by atoms with Gasteiger partial charge < -0.3 is 24.3 Å². The second-order valence-electron chi connectivity index (χ2n) is 9.36. The summed E-state index contributed by atoms with van der Waals surface area (Å²) in [5, 5.41) is 4.04. The lowest BCUT2D eigenvalue weighted by Crippen LogP contribution is -2.36. The number of carbonyl (C=O) groups is 2. The van der Waals surface area contributed by atoms with Crippen LogP contribution in [0.25, 0.3) is 0 Å². The van der Waals surface area contributed by atoms with E-state index in [-0.39, 0.29) is 18.3 Å². The van der Waals surface area contributed by atoms with Gasteiger partial charge in [-0.25, -0.2) is 4.79 Å². The summed E-state index contributed by atoms with van der Waals surface area (Å²) in [5.74, 6) is 1.83. The summed E-state index contributed by atoms with van der Waals surface area (Å²) in [6.07, 6.45) is 0.939. The first-order valence-electron chi connectivity index (χ1n) is 12.9. The molecule has 7 nitrogen and oxygen atoms in total. The van der Waals surface area contributed by atoms with Crippen molar-refractivity contribution in [3.63, 3.8) is 0 Å². The van der Waals surface area contributed by atoms with Crippen LogP contribution in [-0.2, 0) is 14.3 Å². The average Bonchev–Trinajstić information content (AvgIpc) is 2.93. The molecule has 4 rings (SSSR count). The monoisotopic (exact) mass is 571 g/mol. The number of thioether (sulfide) groups is 1. The molecule has 1 heterocycles. The number of allylic oxidation sites excluding steroid dienone is 3. The Labute approximate surface area is 238 Å². The van der Waals surface area contributed by atoms with Crippen molar-refractivity contribution in [2.75, 3.05) is 39.4 Å². The molecule has 0 spiro atoms. The van der Waals surface area contributed by atoms with Gasteiger partial charge in [-0.2, -0.15) is 11.8 Å². The fourth-order valence-corrected chi connectivity index (χ4v) is 5.91. The molecule has 0 saturated heterocycles. The smallest absolute Gasteiger partial charge is 0.336 e.